The molecule has 2 amide bonds. The van der Waals surface area contributed by atoms with Gasteiger partial charge >= 0.3 is 12.3 Å². The van der Waals surface area contributed by atoms with Gasteiger partial charge in [-0.3, -0.25) is 15.4 Å². The van der Waals surface area contributed by atoms with Crippen molar-refractivity contribution < 1.29 is 27.9 Å². The molecule has 0 spiro atoms. The Morgan fingerprint density at radius 3 is 2.42 bits per heavy atom. The number of alkyl halides is 3. The van der Waals surface area contributed by atoms with Crippen LogP contribution < -0.4 is 16.0 Å². The lowest BCUT2D eigenvalue weighted by Gasteiger charge is -2.15. The van der Waals surface area contributed by atoms with Gasteiger partial charge in [0.05, 0.1) is 11.1 Å². The predicted octanol–water partition coefficient (Wildman–Crippen LogP) is 7.26. The lowest BCUT2D eigenvalue weighted by Crippen LogP contribution is -2.12. The molecule has 43 heavy (non-hydrogen) atoms. The van der Waals surface area contributed by atoms with Crippen LogP contribution in [0.3, 0.4) is 0 Å². The third-order valence-electron chi connectivity index (χ3n) is 5.83. The van der Waals surface area contributed by atoms with E-state index in [0.29, 0.717) is 33.1 Å². The number of carbonyl (C=O) groups excluding carboxylic acids is 1. The van der Waals surface area contributed by atoms with Crippen molar-refractivity contribution in [2.45, 2.75) is 35.7 Å². The number of halogens is 3. The lowest BCUT2D eigenvalue weighted by molar-refractivity contribution is -0.138. The number of pyridine rings is 1. The maximum absolute atomic E-state index is 13.0. The molecule has 0 atom stereocenters. The quantitative estimate of drug-likeness (QED) is 0.138. The van der Waals surface area contributed by atoms with Crippen molar-refractivity contribution in [3.8, 4) is 0 Å². The van der Waals surface area contributed by atoms with Crippen molar-refractivity contribution in [3.05, 3.63) is 77.2 Å². The number of carboxylic acid groups (broad SMARTS) is 1. The SMILES string of the molecule is CC(C)c1ccc2c(Nc3cc(C(=O)Nc4nnc(C(F)(F)F)s4)ccc3Sc3ccc(NC(=O)O)cc3)ncnc2n1. The van der Waals surface area contributed by atoms with Gasteiger partial charge in [0.1, 0.15) is 12.1 Å². The zero-order chi connectivity index (χ0) is 30.7. The first-order valence-corrected chi connectivity index (χ1v) is 14.1. The van der Waals surface area contributed by atoms with Crippen molar-refractivity contribution in [2.75, 3.05) is 16.0 Å². The average Bonchev–Trinajstić information content (AvgIpc) is 3.44. The van der Waals surface area contributed by atoms with Crippen LogP contribution in [0.5, 0.6) is 0 Å². The third kappa shape index (κ3) is 7.15. The Bertz CT molecular complexity index is 1810. The summed E-state index contributed by atoms with van der Waals surface area (Å²) in [4.78, 5) is 38.6. The monoisotopic (exact) mass is 626 g/mol. The van der Waals surface area contributed by atoms with Crippen molar-refractivity contribution in [3.63, 3.8) is 0 Å². The lowest BCUT2D eigenvalue weighted by atomic mass is 10.1. The molecule has 3 heterocycles. The maximum Gasteiger partial charge on any atom is 0.445 e. The van der Waals surface area contributed by atoms with Crippen LogP contribution in [0, 0.1) is 0 Å². The van der Waals surface area contributed by atoms with Gasteiger partial charge in [-0.25, -0.2) is 19.7 Å². The normalized spacial score (nSPS) is 11.5. The minimum Gasteiger partial charge on any atom is -0.465 e. The van der Waals surface area contributed by atoms with Gasteiger partial charge < -0.3 is 10.4 Å². The number of anilines is 4. The summed E-state index contributed by atoms with van der Waals surface area (Å²) in [6.07, 6.45) is -4.49. The van der Waals surface area contributed by atoms with E-state index in [0.717, 1.165) is 10.6 Å². The molecule has 4 N–H and O–H groups in total. The van der Waals surface area contributed by atoms with Crippen LogP contribution in [0.1, 0.15) is 40.8 Å². The molecule has 0 bridgehead atoms. The summed E-state index contributed by atoms with van der Waals surface area (Å²) in [6.45, 7) is 4.04. The van der Waals surface area contributed by atoms with Crippen LogP contribution in [-0.4, -0.2) is 42.3 Å². The number of nitrogens with one attached hydrogen (secondary N) is 3. The van der Waals surface area contributed by atoms with Crippen molar-refractivity contribution >= 4 is 68.5 Å². The van der Waals surface area contributed by atoms with Crippen LogP contribution in [0.2, 0.25) is 0 Å². The van der Waals surface area contributed by atoms with Crippen LogP contribution in [0.15, 0.2) is 70.7 Å². The van der Waals surface area contributed by atoms with Gasteiger partial charge in [0.15, 0.2) is 5.65 Å². The van der Waals surface area contributed by atoms with Crippen LogP contribution in [0.25, 0.3) is 11.0 Å². The zero-order valence-electron chi connectivity index (χ0n) is 22.3. The molecule has 0 aliphatic carbocycles. The summed E-state index contributed by atoms with van der Waals surface area (Å²) in [5.41, 5.74) is 2.33. The summed E-state index contributed by atoms with van der Waals surface area (Å²) < 4.78 is 38.8. The minimum atomic E-state index is -4.68. The molecule has 2 aromatic carbocycles. The fraction of sp³-hybridized carbons (Fsp3) is 0.148. The number of hydrogen-bond acceptors (Lipinski definition) is 10. The highest BCUT2D eigenvalue weighted by Gasteiger charge is 2.35. The van der Waals surface area contributed by atoms with Crippen LogP contribution in [0.4, 0.5) is 40.3 Å². The number of fused-ring (bicyclic) bond motifs is 1. The van der Waals surface area contributed by atoms with Gasteiger partial charge in [0.2, 0.25) is 10.1 Å². The van der Waals surface area contributed by atoms with E-state index in [2.05, 4.69) is 41.1 Å². The number of amides is 2. The summed E-state index contributed by atoms with van der Waals surface area (Å²) in [7, 11) is 0. The number of carbonyl (C=O) groups is 2. The number of hydrogen-bond donors (Lipinski definition) is 4. The molecule has 16 heteroatoms. The number of rotatable bonds is 8. The molecule has 0 fully saturated rings. The molecule has 11 nitrogen and oxygen atoms in total. The Morgan fingerprint density at radius 1 is 0.977 bits per heavy atom. The van der Waals surface area contributed by atoms with Crippen molar-refractivity contribution in [1.82, 2.24) is 25.1 Å². The summed E-state index contributed by atoms with van der Waals surface area (Å²) in [5, 5.41) is 22.5. The summed E-state index contributed by atoms with van der Waals surface area (Å²) in [5.74, 6) is -0.0807. The van der Waals surface area contributed by atoms with Gasteiger partial charge in [-0.15, -0.1) is 10.2 Å². The van der Waals surface area contributed by atoms with E-state index >= 15 is 0 Å². The highest BCUT2D eigenvalue weighted by Crippen LogP contribution is 2.37. The second-order valence-corrected chi connectivity index (χ2v) is 11.3. The molecule has 0 aliphatic heterocycles. The molecule has 5 rings (SSSR count). The van der Waals surface area contributed by atoms with Gasteiger partial charge in [0.25, 0.3) is 5.91 Å². The highest BCUT2D eigenvalue weighted by molar-refractivity contribution is 7.99. The number of aromatic nitrogens is 5. The first-order valence-electron chi connectivity index (χ1n) is 12.5. The van der Waals surface area contributed by atoms with E-state index < -0.39 is 23.2 Å². The Hall–Kier alpha value is -4.83. The molecule has 5 aromatic rings. The van der Waals surface area contributed by atoms with E-state index in [-0.39, 0.29) is 27.9 Å². The van der Waals surface area contributed by atoms with E-state index in [4.69, 9.17) is 5.11 Å². The number of benzene rings is 2. The second-order valence-electron chi connectivity index (χ2n) is 9.24. The fourth-order valence-electron chi connectivity index (χ4n) is 3.78. The minimum absolute atomic E-state index is 0.134. The van der Waals surface area contributed by atoms with Gasteiger partial charge in [-0.2, -0.15) is 13.2 Å². The Labute approximate surface area is 250 Å². The van der Waals surface area contributed by atoms with E-state index in [9.17, 15) is 22.8 Å². The molecule has 0 aliphatic rings. The molecule has 3 aromatic heterocycles. The standard InChI is InChI=1S/C27H21F3N8O3S2/c1-13(2)18-9-8-17-21(34-18)31-12-32-22(17)35-19-11-14(23(39)36-25-38-37-24(43-25)27(28,29)30)3-10-20(19)42-16-6-4-15(5-7-16)33-26(40)41/h3-13,33H,1-2H3,(H,40,41)(H,36,38,39)(H,31,32,34,35). The van der Waals surface area contributed by atoms with Crippen molar-refractivity contribution in [1.29, 1.82) is 0 Å². The largest absolute Gasteiger partial charge is 0.465 e. The summed E-state index contributed by atoms with van der Waals surface area (Å²) in [6, 6.07) is 15.1. The first-order chi connectivity index (χ1) is 20.5. The Morgan fingerprint density at radius 2 is 1.74 bits per heavy atom. The van der Waals surface area contributed by atoms with E-state index in [1.165, 1.54) is 30.2 Å². The highest BCUT2D eigenvalue weighted by atomic mass is 32.2. The molecule has 0 saturated heterocycles. The molecule has 220 valence electrons. The first kappa shape index (κ1) is 29.7. The molecular weight excluding hydrogens is 605 g/mol. The van der Waals surface area contributed by atoms with Crippen LogP contribution >= 0.6 is 23.1 Å². The maximum atomic E-state index is 13.0. The average molecular weight is 627 g/mol. The Balaban J connectivity index is 1.48. The molecule has 0 unspecified atom stereocenters. The molecule has 0 radical (unpaired) electrons. The number of nitrogens with zero attached hydrogens (tertiary/aromatic N) is 5. The summed E-state index contributed by atoms with van der Waals surface area (Å²) >= 11 is 1.55. The zero-order valence-corrected chi connectivity index (χ0v) is 23.9. The van der Waals surface area contributed by atoms with Gasteiger partial charge in [0, 0.05) is 26.7 Å². The fourth-order valence-corrected chi connectivity index (χ4v) is 5.27. The molecular formula is C27H21F3N8O3S2. The van der Waals surface area contributed by atoms with Crippen molar-refractivity contribution in [2.24, 2.45) is 0 Å². The second kappa shape index (κ2) is 12.2. The topological polar surface area (TPSA) is 155 Å². The van der Waals surface area contributed by atoms with Crippen LogP contribution in [-0.2, 0) is 6.18 Å². The van der Waals surface area contributed by atoms with Gasteiger partial charge in [-0.05, 0) is 60.5 Å². The molecule has 0 saturated carbocycles. The predicted molar refractivity (Wildman–Crippen MR) is 156 cm³/mol. The Kier molecular flexibility index (Phi) is 8.40. The van der Waals surface area contributed by atoms with E-state index in [1.807, 2.05) is 26.0 Å². The van der Waals surface area contributed by atoms with Gasteiger partial charge in [-0.1, -0.05) is 36.9 Å². The van der Waals surface area contributed by atoms with E-state index in [1.54, 1.807) is 30.3 Å². The smallest absolute Gasteiger partial charge is 0.445 e. The third-order valence-corrected chi connectivity index (χ3v) is 7.79.